The summed E-state index contributed by atoms with van der Waals surface area (Å²) in [7, 11) is 0. The zero-order chi connectivity index (χ0) is 13.2. The SMILES string of the molecule is CC1(C)C[C@]2(C)OC(=O)N[C@@]2(C)c2ccccc21. The van der Waals surface area contributed by atoms with E-state index in [1.54, 1.807) is 0 Å². The smallest absolute Gasteiger partial charge is 0.408 e. The summed E-state index contributed by atoms with van der Waals surface area (Å²) in [5, 5.41) is 3.01. The molecule has 0 aromatic heterocycles. The van der Waals surface area contributed by atoms with Crippen LogP contribution in [-0.2, 0) is 15.7 Å². The van der Waals surface area contributed by atoms with Gasteiger partial charge in [-0.3, -0.25) is 0 Å². The van der Waals surface area contributed by atoms with Gasteiger partial charge in [0.1, 0.15) is 11.1 Å². The first-order chi connectivity index (χ1) is 8.29. The molecular weight excluding hydrogens is 226 g/mol. The van der Waals surface area contributed by atoms with Crippen molar-refractivity contribution in [3.63, 3.8) is 0 Å². The van der Waals surface area contributed by atoms with E-state index in [1.165, 1.54) is 11.1 Å². The van der Waals surface area contributed by atoms with Gasteiger partial charge in [0.15, 0.2) is 0 Å². The predicted molar refractivity (Wildman–Crippen MR) is 69.5 cm³/mol. The minimum absolute atomic E-state index is 0.0111. The Morgan fingerprint density at radius 1 is 1.11 bits per heavy atom. The molecule has 96 valence electrons. The van der Waals surface area contributed by atoms with Crippen LogP contribution in [-0.4, -0.2) is 11.7 Å². The van der Waals surface area contributed by atoms with Gasteiger partial charge in [-0.05, 0) is 36.8 Å². The van der Waals surface area contributed by atoms with Gasteiger partial charge in [0.25, 0.3) is 0 Å². The lowest BCUT2D eigenvalue weighted by molar-refractivity contribution is -0.0137. The van der Waals surface area contributed by atoms with Crippen molar-refractivity contribution in [2.75, 3.05) is 0 Å². The highest BCUT2D eigenvalue weighted by Gasteiger charge is 2.61. The van der Waals surface area contributed by atoms with Crippen LogP contribution < -0.4 is 5.32 Å². The highest BCUT2D eigenvalue weighted by Crippen LogP contribution is 2.53. The summed E-state index contributed by atoms with van der Waals surface area (Å²) in [5.41, 5.74) is 1.57. The minimum atomic E-state index is -0.484. The maximum atomic E-state index is 11.7. The molecular formula is C15H19NO2. The average Bonchev–Trinajstić information content (AvgIpc) is 2.48. The summed E-state index contributed by atoms with van der Waals surface area (Å²) in [4.78, 5) is 11.7. The number of benzene rings is 1. The van der Waals surface area contributed by atoms with Gasteiger partial charge in [0, 0.05) is 0 Å². The number of carbonyl (C=O) groups is 1. The van der Waals surface area contributed by atoms with E-state index in [0.717, 1.165) is 6.42 Å². The zero-order valence-electron chi connectivity index (χ0n) is 11.3. The van der Waals surface area contributed by atoms with Crippen molar-refractivity contribution >= 4 is 6.09 Å². The number of nitrogens with one attached hydrogen (secondary N) is 1. The van der Waals surface area contributed by atoms with Crippen LogP contribution >= 0.6 is 0 Å². The van der Waals surface area contributed by atoms with Crippen molar-refractivity contribution in [1.29, 1.82) is 0 Å². The first kappa shape index (κ1) is 11.6. The third-order valence-electron chi connectivity index (χ3n) is 4.70. The van der Waals surface area contributed by atoms with E-state index in [-0.39, 0.29) is 11.5 Å². The molecule has 3 nitrogen and oxygen atoms in total. The molecule has 0 bridgehead atoms. The first-order valence-electron chi connectivity index (χ1n) is 6.40. The number of alkyl carbamates (subject to hydrolysis) is 1. The van der Waals surface area contributed by atoms with Crippen LogP contribution in [0.3, 0.4) is 0 Å². The molecule has 0 radical (unpaired) electrons. The fraction of sp³-hybridized carbons (Fsp3) is 0.533. The van der Waals surface area contributed by atoms with E-state index in [1.807, 2.05) is 13.0 Å². The van der Waals surface area contributed by atoms with Crippen LogP contribution in [0.5, 0.6) is 0 Å². The van der Waals surface area contributed by atoms with E-state index in [2.05, 4.69) is 44.3 Å². The van der Waals surface area contributed by atoms with Gasteiger partial charge in [-0.1, -0.05) is 38.1 Å². The number of ether oxygens (including phenoxy) is 1. The second-order valence-electron chi connectivity index (χ2n) is 6.48. The fourth-order valence-electron chi connectivity index (χ4n) is 3.68. The number of carbonyl (C=O) groups excluding carboxylic acids is 1. The van der Waals surface area contributed by atoms with Crippen LogP contribution in [0.25, 0.3) is 0 Å². The van der Waals surface area contributed by atoms with Crippen LogP contribution in [0.15, 0.2) is 24.3 Å². The van der Waals surface area contributed by atoms with E-state index in [4.69, 9.17) is 4.74 Å². The Balaban J connectivity index is 2.29. The lowest BCUT2D eigenvalue weighted by atomic mass is 9.59. The van der Waals surface area contributed by atoms with Gasteiger partial charge >= 0.3 is 6.09 Å². The minimum Gasteiger partial charge on any atom is -0.440 e. The summed E-state index contributed by atoms with van der Waals surface area (Å²) in [5.74, 6) is 0. The van der Waals surface area contributed by atoms with Crippen molar-refractivity contribution in [1.82, 2.24) is 5.32 Å². The Morgan fingerprint density at radius 3 is 2.39 bits per heavy atom. The van der Waals surface area contributed by atoms with E-state index in [0.29, 0.717) is 0 Å². The van der Waals surface area contributed by atoms with Crippen LogP contribution in [0, 0.1) is 0 Å². The maximum absolute atomic E-state index is 11.7. The Bertz CT molecular complexity index is 537. The summed E-state index contributed by atoms with van der Waals surface area (Å²) < 4.78 is 5.60. The van der Waals surface area contributed by atoms with Gasteiger partial charge in [-0.15, -0.1) is 0 Å². The van der Waals surface area contributed by atoms with Gasteiger partial charge in [0.05, 0.1) is 0 Å². The van der Waals surface area contributed by atoms with Crippen LogP contribution in [0.4, 0.5) is 4.79 Å². The van der Waals surface area contributed by atoms with Crippen LogP contribution in [0.2, 0.25) is 0 Å². The van der Waals surface area contributed by atoms with Crippen molar-refractivity contribution in [2.24, 2.45) is 0 Å². The standard InChI is InChI=1S/C15H19NO2/c1-13(2)9-14(3)15(4,16-12(17)18-14)11-8-6-5-7-10(11)13/h5-8H,9H2,1-4H3,(H,16,17)/t14-,15-/m0/s1. The van der Waals surface area contributed by atoms with Crippen molar-refractivity contribution in [2.45, 2.75) is 50.7 Å². The maximum Gasteiger partial charge on any atom is 0.408 e. The monoisotopic (exact) mass is 245 g/mol. The van der Waals surface area contributed by atoms with Gasteiger partial charge in [-0.25, -0.2) is 4.79 Å². The van der Waals surface area contributed by atoms with Gasteiger partial charge in [0.2, 0.25) is 0 Å². The number of hydrogen-bond acceptors (Lipinski definition) is 2. The molecule has 1 aromatic rings. The van der Waals surface area contributed by atoms with Gasteiger partial charge in [-0.2, -0.15) is 0 Å². The van der Waals surface area contributed by atoms with Crippen molar-refractivity contribution in [3.8, 4) is 0 Å². The molecule has 2 aliphatic rings. The summed E-state index contributed by atoms with van der Waals surface area (Å²) in [6.07, 6.45) is 0.513. The topological polar surface area (TPSA) is 38.3 Å². The fourth-order valence-corrected chi connectivity index (χ4v) is 3.68. The molecule has 1 saturated heterocycles. The summed E-state index contributed by atoms with van der Waals surface area (Å²) in [6.45, 7) is 8.51. The molecule has 1 aromatic carbocycles. The van der Waals surface area contributed by atoms with Crippen molar-refractivity contribution < 1.29 is 9.53 Å². The normalized spacial score (nSPS) is 36.3. The Morgan fingerprint density at radius 2 is 1.72 bits per heavy atom. The number of fused-ring (bicyclic) bond motifs is 3. The molecule has 0 unspecified atom stereocenters. The predicted octanol–water partition coefficient (Wildman–Crippen LogP) is 3.08. The lowest BCUT2D eigenvalue weighted by Crippen LogP contribution is -2.57. The molecule has 3 heteroatoms. The van der Waals surface area contributed by atoms with Crippen LogP contribution in [0.1, 0.15) is 45.2 Å². The lowest BCUT2D eigenvalue weighted by Gasteiger charge is -2.49. The Labute approximate surface area is 108 Å². The highest BCUT2D eigenvalue weighted by molar-refractivity contribution is 5.74. The molecule has 0 spiro atoms. The molecule has 1 amide bonds. The van der Waals surface area contributed by atoms with E-state index < -0.39 is 11.1 Å². The molecule has 3 rings (SSSR count). The largest absolute Gasteiger partial charge is 0.440 e. The second-order valence-corrected chi connectivity index (χ2v) is 6.48. The third-order valence-corrected chi connectivity index (χ3v) is 4.70. The second kappa shape index (κ2) is 3.08. The summed E-state index contributed by atoms with van der Waals surface area (Å²) >= 11 is 0. The average molecular weight is 245 g/mol. The molecule has 1 heterocycles. The molecule has 18 heavy (non-hydrogen) atoms. The van der Waals surface area contributed by atoms with E-state index >= 15 is 0 Å². The molecule has 1 N–H and O–H groups in total. The third kappa shape index (κ3) is 1.22. The van der Waals surface area contributed by atoms with Gasteiger partial charge < -0.3 is 10.1 Å². The first-order valence-corrected chi connectivity index (χ1v) is 6.40. The molecule has 2 atom stereocenters. The number of amides is 1. The quantitative estimate of drug-likeness (QED) is 0.762. The number of rotatable bonds is 0. The molecule has 1 aliphatic carbocycles. The number of hydrogen-bond donors (Lipinski definition) is 1. The molecule has 1 fully saturated rings. The van der Waals surface area contributed by atoms with Crippen molar-refractivity contribution in [3.05, 3.63) is 35.4 Å². The highest BCUT2D eigenvalue weighted by atomic mass is 16.6. The Kier molecular flexibility index (Phi) is 1.98. The molecule has 0 saturated carbocycles. The molecule has 1 aliphatic heterocycles. The Hall–Kier alpha value is -1.51. The summed E-state index contributed by atoms with van der Waals surface area (Å²) in [6, 6.07) is 8.34. The zero-order valence-corrected chi connectivity index (χ0v) is 11.3. The van der Waals surface area contributed by atoms with E-state index in [9.17, 15) is 4.79 Å².